The smallest absolute Gasteiger partial charge is 0.744 e. The molecule has 1 aromatic rings. The van der Waals surface area contributed by atoms with Crippen LogP contribution in [0.25, 0.3) is 0 Å². The third-order valence-corrected chi connectivity index (χ3v) is 2.50. The minimum atomic E-state index is -4.90. The molecule has 0 saturated carbocycles. The maximum absolute atomic E-state index is 10.6. The zero-order valence-electron chi connectivity index (χ0n) is 8.08. The number of nitrogen functional groups attached to an aromatic ring is 1. The van der Waals surface area contributed by atoms with Crippen LogP contribution >= 0.6 is 0 Å². The van der Waals surface area contributed by atoms with Crippen molar-refractivity contribution in [3.05, 3.63) is 22.2 Å². The van der Waals surface area contributed by atoms with Crippen molar-refractivity contribution >= 4 is 21.5 Å². The van der Waals surface area contributed by atoms with Crippen LogP contribution in [0.2, 0.25) is 0 Å². The molecule has 1 rings (SSSR count). The van der Waals surface area contributed by atoms with E-state index in [-0.39, 0.29) is 18.9 Å². The molecule has 0 aliphatic rings. The fourth-order valence-corrected chi connectivity index (χ4v) is 1.59. The number of phenols is 1. The molecule has 82 valence electrons. The number of nitrogens with zero attached hydrogens (tertiary/aromatic N) is 1. The van der Waals surface area contributed by atoms with Gasteiger partial charge < -0.3 is 15.4 Å². The van der Waals surface area contributed by atoms with Crippen LogP contribution in [-0.4, -0.2) is 23.0 Å². The largest absolute Gasteiger partial charge is 1.00 e. The molecule has 0 unspecified atom stereocenters. The zero-order chi connectivity index (χ0) is 11.8. The van der Waals surface area contributed by atoms with E-state index in [9.17, 15) is 23.1 Å². The molecule has 10 heteroatoms. The summed E-state index contributed by atoms with van der Waals surface area (Å²) >= 11 is 0. The summed E-state index contributed by atoms with van der Waals surface area (Å²) in [5, 5.41) is 19.4. The fourth-order valence-electron chi connectivity index (χ4n) is 0.988. The van der Waals surface area contributed by atoms with Crippen LogP contribution in [0.1, 0.15) is 0 Å². The Morgan fingerprint density at radius 3 is 2.25 bits per heavy atom. The SMILES string of the molecule is Nc1c(S(=O)(=O)[O-])ccc(O)c1[N+](=O)[O-].[Li+]. The summed E-state index contributed by atoms with van der Waals surface area (Å²) in [7, 11) is -4.90. The van der Waals surface area contributed by atoms with Crippen molar-refractivity contribution in [3.8, 4) is 5.75 Å². The Kier molecular flexibility index (Phi) is 4.34. The van der Waals surface area contributed by atoms with Crippen LogP contribution in [0, 0.1) is 10.1 Å². The van der Waals surface area contributed by atoms with Gasteiger partial charge in [0, 0.05) is 0 Å². The maximum Gasteiger partial charge on any atom is 1.00 e. The Bertz CT molecular complexity index is 528. The number of hydrogen-bond donors (Lipinski definition) is 2. The molecule has 0 spiro atoms. The molecule has 0 fully saturated rings. The van der Waals surface area contributed by atoms with Crippen LogP contribution in [0.4, 0.5) is 11.4 Å². The molecule has 8 nitrogen and oxygen atoms in total. The summed E-state index contributed by atoms with van der Waals surface area (Å²) in [5.41, 5.74) is 3.23. The Labute approximate surface area is 102 Å². The number of hydrogen-bond acceptors (Lipinski definition) is 7. The molecule has 0 atom stereocenters. The summed E-state index contributed by atoms with van der Waals surface area (Å²) in [6.07, 6.45) is 0. The van der Waals surface area contributed by atoms with Gasteiger partial charge in [-0.25, -0.2) is 8.42 Å². The predicted octanol–water partition coefficient (Wildman–Crippen LogP) is -3.21. The molecule has 3 N–H and O–H groups in total. The normalized spacial score (nSPS) is 10.6. The summed E-state index contributed by atoms with van der Waals surface area (Å²) < 4.78 is 31.8. The minimum absolute atomic E-state index is 0. The van der Waals surface area contributed by atoms with Crippen molar-refractivity contribution in [1.82, 2.24) is 0 Å². The van der Waals surface area contributed by atoms with Gasteiger partial charge in [0.1, 0.15) is 15.8 Å². The second kappa shape index (κ2) is 4.71. The second-order valence-electron chi connectivity index (χ2n) is 2.56. The van der Waals surface area contributed by atoms with E-state index in [0.29, 0.717) is 6.07 Å². The molecule has 0 heterocycles. The van der Waals surface area contributed by atoms with Crippen molar-refractivity contribution in [1.29, 1.82) is 0 Å². The van der Waals surface area contributed by atoms with Gasteiger partial charge in [-0.3, -0.25) is 10.1 Å². The van der Waals surface area contributed by atoms with Gasteiger partial charge in [-0.1, -0.05) is 0 Å². The molecule has 0 aliphatic carbocycles. The van der Waals surface area contributed by atoms with E-state index in [2.05, 4.69) is 0 Å². The van der Waals surface area contributed by atoms with E-state index in [0.717, 1.165) is 6.07 Å². The van der Waals surface area contributed by atoms with E-state index in [1.807, 2.05) is 0 Å². The monoisotopic (exact) mass is 240 g/mol. The number of rotatable bonds is 2. The van der Waals surface area contributed by atoms with Crippen molar-refractivity contribution in [2.24, 2.45) is 0 Å². The number of nitro groups is 1. The average Bonchev–Trinajstić information content (AvgIpc) is 2.00. The van der Waals surface area contributed by atoms with Gasteiger partial charge >= 0.3 is 24.5 Å². The first kappa shape index (κ1) is 14.7. The molecule has 0 bridgehead atoms. The zero-order valence-corrected chi connectivity index (χ0v) is 8.89. The first-order valence-corrected chi connectivity index (χ1v) is 4.87. The van der Waals surface area contributed by atoms with E-state index >= 15 is 0 Å². The van der Waals surface area contributed by atoms with E-state index in [1.165, 1.54) is 0 Å². The van der Waals surface area contributed by atoms with Crippen molar-refractivity contribution < 1.29 is 41.9 Å². The summed E-state index contributed by atoms with van der Waals surface area (Å²) in [6, 6.07) is 1.43. The maximum atomic E-state index is 10.6. The van der Waals surface area contributed by atoms with Crippen molar-refractivity contribution in [2.45, 2.75) is 4.90 Å². The molecule has 16 heavy (non-hydrogen) atoms. The first-order chi connectivity index (χ1) is 6.75. The Morgan fingerprint density at radius 1 is 1.38 bits per heavy atom. The minimum Gasteiger partial charge on any atom is -0.744 e. The quantitative estimate of drug-likeness (QED) is 0.182. The van der Waals surface area contributed by atoms with Crippen LogP contribution in [0.3, 0.4) is 0 Å². The number of phenolic OH excluding ortho intramolecular Hbond substituents is 1. The number of nitrogens with two attached hydrogens (primary N) is 1. The summed E-state index contributed by atoms with van der Waals surface area (Å²) in [4.78, 5) is 8.40. The third-order valence-electron chi connectivity index (χ3n) is 1.61. The van der Waals surface area contributed by atoms with E-state index < -0.39 is 37.1 Å². The van der Waals surface area contributed by atoms with E-state index in [4.69, 9.17) is 10.8 Å². The molecular formula is C6H5LiN2O6S. The Balaban J connectivity index is 0.00000225. The molecular weight excluding hydrogens is 235 g/mol. The van der Waals surface area contributed by atoms with Crippen LogP contribution < -0.4 is 24.6 Å². The molecule has 0 aromatic heterocycles. The second-order valence-corrected chi connectivity index (χ2v) is 3.90. The topological polar surface area (TPSA) is 147 Å². The standard InChI is InChI=1S/C6H6N2O6S.Li/c7-5-4(15(12,13)14)2-1-3(9)6(5)8(10)11;/h1-2,9H,7H2,(H,12,13,14);/q;+1/p-1. The molecule has 0 saturated heterocycles. The number of anilines is 1. The van der Waals surface area contributed by atoms with Crippen molar-refractivity contribution in [3.63, 3.8) is 0 Å². The Hall–Kier alpha value is -1.27. The van der Waals surface area contributed by atoms with E-state index in [1.54, 1.807) is 0 Å². The Morgan fingerprint density at radius 2 is 1.88 bits per heavy atom. The first-order valence-electron chi connectivity index (χ1n) is 3.47. The van der Waals surface area contributed by atoms with Crippen LogP contribution in [-0.2, 0) is 10.1 Å². The summed E-state index contributed by atoms with van der Waals surface area (Å²) in [5.74, 6) is -0.801. The van der Waals surface area contributed by atoms with Crippen LogP contribution in [0.15, 0.2) is 17.0 Å². The van der Waals surface area contributed by atoms with Gasteiger partial charge in [0.2, 0.25) is 0 Å². The van der Waals surface area contributed by atoms with Gasteiger partial charge in [0.25, 0.3) is 0 Å². The number of nitro benzene ring substituents is 1. The molecule has 0 aliphatic heterocycles. The fraction of sp³-hybridized carbons (Fsp3) is 0. The number of aromatic hydroxyl groups is 1. The van der Waals surface area contributed by atoms with Gasteiger partial charge in [-0.2, -0.15) is 0 Å². The van der Waals surface area contributed by atoms with Crippen molar-refractivity contribution in [2.75, 3.05) is 5.73 Å². The number of benzene rings is 1. The molecule has 0 amide bonds. The molecule has 0 radical (unpaired) electrons. The van der Waals surface area contributed by atoms with Gasteiger partial charge in [0.05, 0.1) is 9.82 Å². The van der Waals surface area contributed by atoms with Gasteiger partial charge in [-0.05, 0) is 12.1 Å². The third kappa shape index (κ3) is 2.64. The average molecular weight is 240 g/mol. The summed E-state index contributed by atoms with van der Waals surface area (Å²) in [6.45, 7) is 0. The van der Waals surface area contributed by atoms with Gasteiger partial charge in [-0.15, -0.1) is 0 Å². The van der Waals surface area contributed by atoms with Gasteiger partial charge in [0.15, 0.2) is 5.75 Å². The predicted molar refractivity (Wildman–Crippen MR) is 47.1 cm³/mol. The van der Waals surface area contributed by atoms with Crippen LogP contribution in [0.5, 0.6) is 5.75 Å². The molecule has 1 aromatic carbocycles.